The Hall–Kier alpha value is -5.84. The molecule has 234 valence electrons. The largest absolute Gasteiger partial charge is 0.464 e. The van der Waals surface area contributed by atoms with E-state index in [-0.39, 0.29) is 12.3 Å². The summed E-state index contributed by atoms with van der Waals surface area (Å²) in [6.45, 7) is 0.676. The Morgan fingerprint density at radius 3 is 2.21 bits per heavy atom. The minimum Gasteiger partial charge on any atom is -0.464 e. The summed E-state index contributed by atoms with van der Waals surface area (Å²) < 4.78 is 6.49. The van der Waals surface area contributed by atoms with Gasteiger partial charge in [0.05, 0.1) is 11.7 Å². The average molecular weight is 624 g/mol. The summed E-state index contributed by atoms with van der Waals surface area (Å²) in [6.07, 6.45) is 1.97. The van der Waals surface area contributed by atoms with Crippen LogP contribution < -0.4 is 20.7 Å². The van der Waals surface area contributed by atoms with Gasteiger partial charge in [0.1, 0.15) is 5.75 Å². The van der Waals surface area contributed by atoms with Gasteiger partial charge in [0.25, 0.3) is 0 Å². The van der Waals surface area contributed by atoms with Crippen molar-refractivity contribution in [2.45, 2.75) is 18.8 Å². The van der Waals surface area contributed by atoms with Crippen LogP contribution in [-0.4, -0.2) is 7.05 Å². The van der Waals surface area contributed by atoms with E-state index in [1.54, 1.807) is 0 Å². The maximum atomic E-state index is 6.63. The van der Waals surface area contributed by atoms with E-state index in [4.69, 9.17) is 10.5 Å². The Bertz CT molecular complexity index is 2250. The number of nitrogens with zero attached hydrogens (tertiary/aromatic N) is 1. The fourth-order valence-electron chi connectivity index (χ4n) is 6.85. The van der Waals surface area contributed by atoms with Crippen LogP contribution in [0.15, 0.2) is 164 Å². The van der Waals surface area contributed by atoms with Gasteiger partial charge in [-0.2, -0.15) is 0 Å². The zero-order valence-corrected chi connectivity index (χ0v) is 26.9. The molecule has 0 bridgehead atoms. The molecule has 4 heteroatoms. The maximum absolute atomic E-state index is 6.63. The molecule has 48 heavy (non-hydrogen) atoms. The molecule has 0 aliphatic carbocycles. The molecule has 0 aromatic heterocycles. The normalized spacial score (nSPS) is 14.9. The first kappa shape index (κ1) is 29.6. The van der Waals surface area contributed by atoms with Crippen LogP contribution in [0, 0.1) is 0 Å². The molecule has 0 saturated carbocycles. The second kappa shape index (κ2) is 12.7. The van der Waals surface area contributed by atoms with E-state index >= 15 is 0 Å². The number of rotatable bonds is 8. The SMILES string of the molecule is CN1c2c(ccc3ccc4cc(-c5cccc(CN/C(=C\C(N)c6ccccc6)c6ccccc6)c5)ccc4c23)OC1c1ccccc1. The van der Waals surface area contributed by atoms with E-state index in [1.807, 2.05) is 30.3 Å². The number of nitrogens with two attached hydrogens (primary N) is 1. The number of ether oxygens (including phenoxy) is 1. The molecule has 7 aromatic rings. The quantitative estimate of drug-likeness (QED) is 0.165. The Kier molecular flexibility index (Phi) is 7.85. The molecule has 0 spiro atoms. The second-order valence-electron chi connectivity index (χ2n) is 12.4. The Morgan fingerprint density at radius 2 is 1.42 bits per heavy atom. The first-order valence-electron chi connectivity index (χ1n) is 16.5. The molecule has 0 radical (unpaired) electrons. The van der Waals surface area contributed by atoms with Crippen molar-refractivity contribution >= 4 is 32.9 Å². The van der Waals surface area contributed by atoms with E-state index in [0.29, 0.717) is 6.54 Å². The van der Waals surface area contributed by atoms with Crippen molar-refractivity contribution in [3.63, 3.8) is 0 Å². The van der Waals surface area contributed by atoms with Gasteiger partial charge in [0.2, 0.25) is 0 Å². The average Bonchev–Trinajstić information content (AvgIpc) is 3.50. The Morgan fingerprint density at radius 1 is 0.729 bits per heavy atom. The molecule has 0 amide bonds. The summed E-state index contributed by atoms with van der Waals surface area (Å²) in [5.41, 5.74) is 15.7. The minimum absolute atomic E-state index is 0.149. The topological polar surface area (TPSA) is 50.5 Å². The molecule has 1 aliphatic heterocycles. The van der Waals surface area contributed by atoms with Gasteiger partial charge in [0, 0.05) is 30.2 Å². The lowest BCUT2D eigenvalue weighted by molar-refractivity contribution is 0.235. The third kappa shape index (κ3) is 5.68. The molecule has 2 unspecified atom stereocenters. The van der Waals surface area contributed by atoms with Crippen LogP contribution in [-0.2, 0) is 6.54 Å². The van der Waals surface area contributed by atoms with E-state index in [1.165, 1.54) is 38.2 Å². The molecule has 2 atom stereocenters. The smallest absolute Gasteiger partial charge is 0.198 e. The summed E-state index contributed by atoms with van der Waals surface area (Å²) in [5.74, 6) is 0.921. The van der Waals surface area contributed by atoms with Gasteiger partial charge in [-0.1, -0.05) is 140 Å². The second-order valence-corrected chi connectivity index (χ2v) is 12.4. The fraction of sp³-hybridized carbons (Fsp3) is 0.0909. The van der Waals surface area contributed by atoms with Crippen molar-refractivity contribution in [3.05, 3.63) is 186 Å². The van der Waals surface area contributed by atoms with Crippen LogP contribution in [0.3, 0.4) is 0 Å². The van der Waals surface area contributed by atoms with Crippen molar-refractivity contribution < 1.29 is 4.74 Å². The van der Waals surface area contributed by atoms with Gasteiger partial charge in [-0.15, -0.1) is 0 Å². The molecular weight excluding hydrogens is 587 g/mol. The zero-order valence-electron chi connectivity index (χ0n) is 26.9. The predicted molar refractivity (Wildman–Crippen MR) is 200 cm³/mol. The summed E-state index contributed by atoms with van der Waals surface area (Å²) in [4.78, 5) is 2.27. The predicted octanol–water partition coefficient (Wildman–Crippen LogP) is 10.0. The highest BCUT2D eigenvalue weighted by Gasteiger charge is 2.31. The van der Waals surface area contributed by atoms with Crippen LogP contribution in [0.4, 0.5) is 5.69 Å². The Balaban J connectivity index is 1.09. The van der Waals surface area contributed by atoms with Crippen molar-refractivity contribution in [1.29, 1.82) is 0 Å². The van der Waals surface area contributed by atoms with Gasteiger partial charge in [0.15, 0.2) is 6.23 Å². The molecule has 1 aliphatic rings. The van der Waals surface area contributed by atoms with Crippen LogP contribution >= 0.6 is 0 Å². The zero-order chi connectivity index (χ0) is 32.5. The van der Waals surface area contributed by atoms with E-state index < -0.39 is 0 Å². The highest BCUT2D eigenvalue weighted by atomic mass is 16.5. The third-order valence-electron chi connectivity index (χ3n) is 9.32. The first-order valence-corrected chi connectivity index (χ1v) is 16.5. The minimum atomic E-state index is -0.217. The number of hydrogen-bond donors (Lipinski definition) is 2. The standard InChI is InChI=1S/C44H37N3O/c1-47-43-41(48-44(47)34-17-9-4-10-18-34)25-23-33-20-21-37-27-36(22-24-38(37)42(33)43)35-19-11-12-30(26-35)29-46-40(32-15-7-3-8-16-32)28-39(45)31-13-5-2-6-14-31/h2-28,39,44,46H,29,45H2,1H3/b40-28-. The van der Waals surface area contributed by atoms with Gasteiger partial charge in [-0.05, 0) is 68.3 Å². The molecule has 8 rings (SSSR count). The number of benzene rings is 7. The molecular formula is C44H37N3O. The molecule has 0 fully saturated rings. The van der Waals surface area contributed by atoms with Gasteiger partial charge < -0.3 is 20.7 Å². The van der Waals surface area contributed by atoms with Crippen LogP contribution in [0.2, 0.25) is 0 Å². The fourth-order valence-corrected chi connectivity index (χ4v) is 6.85. The first-order chi connectivity index (χ1) is 23.6. The highest BCUT2D eigenvalue weighted by Crippen LogP contribution is 2.48. The number of nitrogens with one attached hydrogen (secondary N) is 1. The summed E-state index contributed by atoms with van der Waals surface area (Å²) >= 11 is 0. The van der Waals surface area contributed by atoms with Crippen LogP contribution in [0.25, 0.3) is 38.4 Å². The van der Waals surface area contributed by atoms with Crippen molar-refractivity contribution in [2.75, 3.05) is 11.9 Å². The number of anilines is 1. The van der Waals surface area contributed by atoms with Crippen LogP contribution in [0.5, 0.6) is 5.75 Å². The molecule has 1 heterocycles. The lowest BCUT2D eigenvalue weighted by atomic mass is 9.95. The lowest BCUT2D eigenvalue weighted by Gasteiger charge is -2.21. The molecule has 0 saturated heterocycles. The van der Waals surface area contributed by atoms with Gasteiger partial charge in [-0.3, -0.25) is 0 Å². The van der Waals surface area contributed by atoms with Crippen molar-refractivity contribution in [2.24, 2.45) is 5.73 Å². The monoisotopic (exact) mass is 623 g/mol. The van der Waals surface area contributed by atoms with E-state index in [2.05, 4.69) is 151 Å². The highest BCUT2D eigenvalue weighted by molar-refractivity contribution is 6.16. The van der Waals surface area contributed by atoms with Gasteiger partial charge >= 0.3 is 0 Å². The maximum Gasteiger partial charge on any atom is 0.198 e. The third-order valence-corrected chi connectivity index (χ3v) is 9.32. The summed E-state index contributed by atoms with van der Waals surface area (Å²) in [5, 5.41) is 8.56. The van der Waals surface area contributed by atoms with Crippen molar-refractivity contribution in [3.8, 4) is 16.9 Å². The molecule has 4 nitrogen and oxygen atoms in total. The van der Waals surface area contributed by atoms with Gasteiger partial charge in [-0.25, -0.2) is 0 Å². The lowest BCUT2D eigenvalue weighted by Crippen LogP contribution is -2.22. The van der Waals surface area contributed by atoms with E-state index in [0.717, 1.165) is 33.8 Å². The Labute approximate surface area is 281 Å². The van der Waals surface area contributed by atoms with E-state index in [9.17, 15) is 0 Å². The summed E-state index contributed by atoms with van der Waals surface area (Å²) in [6, 6.07) is 55.1. The molecule has 7 aromatic carbocycles. The number of hydrogen-bond acceptors (Lipinski definition) is 4. The summed E-state index contributed by atoms with van der Waals surface area (Å²) in [7, 11) is 2.13. The van der Waals surface area contributed by atoms with Crippen LogP contribution in [0.1, 0.15) is 34.5 Å². The van der Waals surface area contributed by atoms with Crippen molar-refractivity contribution in [1.82, 2.24) is 5.32 Å². The number of fused-ring (bicyclic) bond motifs is 5. The molecule has 3 N–H and O–H groups in total.